The molecule has 1 aliphatic heterocycles. The van der Waals surface area contributed by atoms with E-state index in [1.165, 1.54) is 5.56 Å². The predicted octanol–water partition coefficient (Wildman–Crippen LogP) is 4.68. The number of allylic oxidation sites excluding steroid dienone is 3. The number of para-hydroxylation sites is 1. The van der Waals surface area contributed by atoms with Crippen LogP contribution in [-0.4, -0.2) is 62.7 Å². The van der Waals surface area contributed by atoms with Gasteiger partial charge in [-0.05, 0) is 53.5 Å². The van der Waals surface area contributed by atoms with E-state index in [0.717, 1.165) is 67.4 Å². The van der Waals surface area contributed by atoms with Gasteiger partial charge in [-0.25, -0.2) is 0 Å². The first kappa shape index (κ1) is 24.8. The molecule has 5 rings (SSSR count). The van der Waals surface area contributed by atoms with Gasteiger partial charge in [-0.15, -0.1) is 5.10 Å². The van der Waals surface area contributed by atoms with E-state index in [-0.39, 0.29) is 12.0 Å². The molecule has 1 aliphatic carbocycles. The van der Waals surface area contributed by atoms with E-state index in [2.05, 4.69) is 106 Å². The standard InChI is InChI=1S/C30H33N7/c1-23-10-8-11-24(2)28(23)37-30(32-33-34-37)29(27-16-7-6-15-26(27)22-31)36-20-18-35(19-21-36)17-9-14-25-12-4-3-5-13-25/h3-15,27,29H,16-21H2,1-2H3/b14-9+/t27?,29-/m0/s1. The van der Waals surface area contributed by atoms with E-state index in [4.69, 9.17) is 0 Å². The molecule has 0 saturated carbocycles. The van der Waals surface area contributed by atoms with Crippen molar-refractivity contribution in [2.75, 3.05) is 32.7 Å². The van der Waals surface area contributed by atoms with Crippen LogP contribution in [0.25, 0.3) is 11.8 Å². The summed E-state index contributed by atoms with van der Waals surface area (Å²) < 4.78 is 1.90. The summed E-state index contributed by atoms with van der Waals surface area (Å²) >= 11 is 0. The Balaban J connectivity index is 1.40. The second kappa shape index (κ2) is 11.5. The molecule has 7 heteroatoms. The highest BCUT2D eigenvalue weighted by Gasteiger charge is 2.37. The number of aromatic nitrogens is 4. The summed E-state index contributed by atoms with van der Waals surface area (Å²) in [7, 11) is 0. The fourth-order valence-electron chi connectivity index (χ4n) is 5.47. The topological polar surface area (TPSA) is 73.9 Å². The van der Waals surface area contributed by atoms with Gasteiger partial charge in [-0.3, -0.25) is 9.80 Å². The average molecular weight is 492 g/mol. The third-order valence-electron chi connectivity index (χ3n) is 7.39. The van der Waals surface area contributed by atoms with Crippen LogP contribution < -0.4 is 0 Å². The molecule has 2 aromatic carbocycles. The number of tetrazole rings is 1. The molecule has 0 N–H and O–H groups in total. The highest BCUT2D eigenvalue weighted by molar-refractivity contribution is 5.49. The number of hydrogen-bond donors (Lipinski definition) is 0. The van der Waals surface area contributed by atoms with Crippen LogP contribution in [0.4, 0.5) is 0 Å². The van der Waals surface area contributed by atoms with E-state index >= 15 is 0 Å². The minimum absolute atomic E-state index is 0.00796. The van der Waals surface area contributed by atoms with E-state index in [1.807, 2.05) is 22.9 Å². The van der Waals surface area contributed by atoms with E-state index in [0.29, 0.717) is 0 Å². The molecule has 2 atom stereocenters. The molecule has 2 aliphatic rings. The molecule has 1 saturated heterocycles. The van der Waals surface area contributed by atoms with Crippen LogP contribution in [0.15, 0.2) is 78.4 Å². The van der Waals surface area contributed by atoms with Crippen molar-refractivity contribution in [1.29, 1.82) is 5.26 Å². The van der Waals surface area contributed by atoms with Crippen LogP contribution in [0.1, 0.15) is 35.0 Å². The summed E-state index contributed by atoms with van der Waals surface area (Å²) in [6, 6.07) is 19.0. The van der Waals surface area contributed by atoms with Crippen LogP contribution in [0, 0.1) is 31.1 Å². The first-order valence-electron chi connectivity index (χ1n) is 13.0. The third kappa shape index (κ3) is 5.46. The largest absolute Gasteiger partial charge is 0.297 e. The van der Waals surface area contributed by atoms with Crippen LogP contribution in [0.5, 0.6) is 0 Å². The number of piperazine rings is 1. The van der Waals surface area contributed by atoms with Crippen molar-refractivity contribution < 1.29 is 0 Å². The molecule has 0 bridgehead atoms. The van der Waals surface area contributed by atoms with Gasteiger partial charge in [0.2, 0.25) is 0 Å². The Morgan fingerprint density at radius 2 is 1.78 bits per heavy atom. The van der Waals surface area contributed by atoms with Crippen LogP contribution in [0.2, 0.25) is 0 Å². The maximum Gasteiger partial charge on any atom is 0.174 e. The van der Waals surface area contributed by atoms with Gasteiger partial charge < -0.3 is 0 Å². The Kier molecular flexibility index (Phi) is 7.69. The Labute approximate surface area is 219 Å². The van der Waals surface area contributed by atoms with Gasteiger partial charge in [-0.2, -0.15) is 9.94 Å². The van der Waals surface area contributed by atoms with E-state index in [1.54, 1.807) is 0 Å². The second-order valence-corrected chi connectivity index (χ2v) is 9.79. The third-order valence-corrected chi connectivity index (χ3v) is 7.39. The van der Waals surface area contributed by atoms with Gasteiger partial charge in [0.15, 0.2) is 5.82 Å². The lowest BCUT2D eigenvalue weighted by Gasteiger charge is -2.41. The summed E-state index contributed by atoms with van der Waals surface area (Å²) in [5.74, 6) is 0.810. The lowest BCUT2D eigenvalue weighted by molar-refractivity contribution is 0.0770. The molecule has 1 fully saturated rings. The number of benzene rings is 2. The zero-order chi connectivity index (χ0) is 25.6. The first-order chi connectivity index (χ1) is 18.2. The second-order valence-electron chi connectivity index (χ2n) is 9.79. The van der Waals surface area contributed by atoms with Crippen molar-refractivity contribution >= 4 is 6.08 Å². The van der Waals surface area contributed by atoms with Gasteiger partial charge in [0.25, 0.3) is 0 Å². The molecule has 2 heterocycles. The van der Waals surface area contributed by atoms with E-state index < -0.39 is 0 Å². The molecule has 7 nitrogen and oxygen atoms in total. The van der Waals surface area contributed by atoms with Crippen molar-refractivity contribution in [3.63, 3.8) is 0 Å². The summed E-state index contributed by atoms with van der Waals surface area (Å²) in [6.07, 6.45) is 11.3. The first-order valence-corrected chi connectivity index (χ1v) is 13.0. The summed E-state index contributed by atoms with van der Waals surface area (Å²) in [6.45, 7) is 8.79. The predicted molar refractivity (Wildman–Crippen MR) is 146 cm³/mol. The minimum Gasteiger partial charge on any atom is -0.297 e. The number of nitrogens with zero attached hydrogens (tertiary/aromatic N) is 7. The molecule has 37 heavy (non-hydrogen) atoms. The van der Waals surface area contributed by atoms with Gasteiger partial charge in [0.05, 0.1) is 17.8 Å². The number of hydrogen-bond acceptors (Lipinski definition) is 6. The highest BCUT2D eigenvalue weighted by Crippen LogP contribution is 2.38. The minimum atomic E-state index is -0.0909. The van der Waals surface area contributed by atoms with Crippen molar-refractivity contribution in [2.45, 2.75) is 26.3 Å². The number of nitriles is 1. The van der Waals surface area contributed by atoms with Gasteiger partial charge in [0, 0.05) is 44.2 Å². The molecule has 0 radical (unpaired) electrons. The summed E-state index contributed by atoms with van der Waals surface area (Å²) in [5.41, 5.74) is 5.28. The lowest BCUT2D eigenvalue weighted by atomic mass is 9.84. The zero-order valence-corrected chi connectivity index (χ0v) is 21.5. The van der Waals surface area contributed by atoms with Crippen LogP contribution in [-0.2, 0) is 0 Å². The van der Waals surface area contributed by atoms with E-state index in [9.17, 15) is 5.26 Å². The Hall–Kier alpha value is -3.86. The maximum atomic E-state index is 9.97. The van der Waals surface area contributed by atoms with Crippen LogP contribution in [0.3, 0.4) is 0 Å². The highest BCUT2D eigenvalue weighted by atomic mass is 15.6. The van der Waals surface area contributed by atoms with Gasteiger partial charge >= 0.3 is 0 Å². The summed E-state index contributed by atoms with van der Waals surface area (Å²) in [4.78, 5) is 4.95. The normalized spacial score (nSPS) is 19.6. The quantitative estimate of drug-likeness (QED) is 0.478. The molecule has 1 aromatic heterocycles. The Bertz CT molecular complexity index is 1320. The van der Waals surface area contributed by atoms with Crippen molar-refractivity contribution in [1.82, 2.24) is 30.0 Å². The molecule has 0 spiro atoms. The number of aryl methyl sites for hydroxylation is 2. The maximum absolute atomic E-state index is 9.97. The zero-order valence-electron chi connectivity index (χ0n) is 21.5. The van der Waals surface area contributed by atoms with Gasteiger partial charge in [-0.1, -0.05) is 72.8 Å². The molecular formula is C30H33N7. The molecule has 3 aromatic rings. The SMILES string of the molecule is Cc1cccc(C)c1-n1nnnc1[C@H](C1CC=CC=C1C#N)N1CCN(C/C=C/c2ccccc2)CC1. The smallest absolute Gasteiger partial charge is 0.174 e. The fraction of sp³-hybridized carbons (Fsp3) is 0.333. The van der Waals surface area contributed by atoms with Crippen molar-refractivity contribution in [3.05, 3.63) is 101 Å². The number of rotatable bonds is 7. The molecule has 1 unspecified atom stereocenters. The monoisotopic (exact) mass is 491 g/mol. The lowest BCUT2D eigenvalue weighted by Crippen LogP contribution is -2.49. The molecule has 188 valence electrons. The van der Waals surface area contributed by atoms with Crippen molar-refractivity contribution in [2.24, 2.45) is 5.92 Å². The molecular weight excluding hydrogens is 458 g/mol. The van der Waals surface area contributed by atoms with Crippen LogP contribution >= 0.6 is 0 Å². The average Bonchev–Trinajstić information content (AvgIpc) is 3.39. The fourth-order valence-corrected chi connectivity index (χ4v) is 5.47. The van der Waals surface area contributed by atoms with Crippen molar-refractivity contribution in [3.8, 4) is 11.8 Å². The Morgan fingerprint density at radius 3 is 2.51 bits per heavy atom. The van der Waals surface area contributed by atoms with Gasteiger partial charge in [0.1, 0.15) is 0 Å². The Morgan fingerprint density at radius 1 is 1.03 bits per heavy atom. The molecule has 0 amide bonds. The summed E-state index contributed by atoms with van der Waals surface area (Å²) in [5, 5.41) is 23.1.